The standard InChI is InChI=1S/C23H22N2O4/c1-28-20-12-11-18(14-21(20)29-15-22(24)26)25-23(27)19-10-6-5-9-17(19)13-16-7-3-2-4-8-16/h2-12,14H,13,15H2,1H3,(H2,24,26)(H,25,27). The zero-order valence-corrected chi connectivity index (χ0v) is 16.1. The first-order chi connectivity index (χ1) is 14.1. The lowest BCUT2D eigenvalue weighted by Gasteiger charge is -2.13. The fourth-order valence-electron chi connectivity index (χ4n) is 2.93. The third-order valence-corrected chi connectivity index (χ3v) is 4.29. The molecule has 0 atom stereocenters. The van der Waals surface area contributed by atoms with Gasteiger partial charge in [0.15, 0.2) is 18.1 Å². The van der Waals surface area contributed by atoms with Crippen molar-refractivity contribution in [1.29, 1.82) is 0 Å². The number of hydrogen-bond acceptors (Lipinski definition) is 4. The summed E-state index contributed by atoms with van der Waals surface area (Å²) < 4.78 is 10.6. The van der Waals surface area contributed by atoms with Gasteiger partial charge in [0.2, 0.25) is 0 Å². The Balaban J connectivity index is 1.80. The quantitative estimate of drug-likeness (QED) is 0.617. The summed E-state index contributed by atoms with van der Waals surface area (Å²) in [5.41, 5.74) is 8.29. The van der Waals surface area contributed by atoms with Crippen molar-refractivity contribution in [2.75, 3.05) is 19.0 Å². The maximum atomic E-state index is 12.9. The summed E-state index contributed by atoms with van der Waals surface area (Å²) in [4.78, 5) is 23.9. The molecule has 29 heavy (non-hydrogen) atoms. The molecular formula is C23H22N2O4. The van der Waals surface area contributed by atoms with E-state index < -0.39 is 5.91 Å². The summed E-state index contributed by atoms with van der Waals surface area (Å²) in [7, 11) is 1.49. The van der Waals surface area contributed by atoms with Crippen LogP contribution in [-0.4, -0.2) is 25.5 Å². The molecule has 0 radical (unpaired) electrons. The van der Waals surface area contributed by atoms with Gasteiger partial charge in [0.1, 0.15) is 0 Å². The molecule has 0 heterocycles. The van der Waals surface area contributed by atoms with Crippen LogP contribution in [0.1, 0.15) is 21.5 Å². The van der Waals surface area contributed by atoms with Crippen LogP contribution < -0.4 is 20.5 Å². The van der Waals surface area contributed by atoms with Crippen LogP contribution in [0.15, 0.2) is 72.8 Å². The minimum Gasteiger partial charge on any atom is -0.493 e. The van der Waals surface area contributed by atoms with Gasteiger partial charge in [-0.05, 0) is 35.7 Å². The Hall–Kier alpha value is -3.80. The zero-order chi connectivity index (χ0) is 20.6. The Kier molecular flexibility index (Phi) is 6.47. The number of hydrogen-bond donors (Lipinski definition) is 2. The third-order valence-electron chi connectivity index (χ3n) is 4.29. The average molecular weight is 390 g/mol. The SMILES string of the molecule is COc1ccc(NC(=O)c2ccccc2Cc2ccccc2)cc1OCC(N)=O. The van der Waals surface area contributed by atoms with Gasteiger partial charge < -0.3 is 20.5 Å². The number of benzene rings is 3. The van der Waals surface area contributed by atoms with Gasteiger partial charge in [-0.15, -0.1) is 0 Å². The smallest absolute Gasteiger partial charge is 0.255 e. The Labute approximate surface area is 169 Å². The summed E-state index contributed by atoms with van der Waals surface area (Å²) >= 11 is 0. The van der Waals surface area contributed by atoms with Gasteiger partial charge in [0, 0.05) is 17.3 Å². The molecule has 0 aliphatic carbocycles. The molecule has 0 saturated carbocycles. The van der Waals surface area contributed by atoms with Crippen LogP contribution in [0.2, 0.25) is 0 Å². The number of carbonyl (C=O) groups excluding carboxylic acids is 2. The van der Waals surface area contributed by atoms with Gasteiger partial charge in [-0.2, -0.15) is 0 Å². The number of primary amides is 1. The maximum absolute atomic E-state index is 12.9. The molecule has 0 unspecified atom stereocenters. The molecule has 0 aliphatic rings. The topological polar surface area (TPSA) is 90.7 Å². The molecule has 3 aromatic rings. The number of nitrogens with one attached hydrogen (secondary N) is 1. The van der Waals surface area contributed by atoms with Crippen molar-refractivity contribution in [3.05, 3.63) is 89.5 Å². The molecule has 3 aromatic carbocycles. The molecule has 3 rings (SSSR count). The van der Waals surface area contributed by atoms with E-state index in [1.807, 2.05) is 48.5 Å². The molecule has 0 spiro atoms. The number of rotatable bonds is 8. The van der Waals surface area contributed by atoms with Crippen molar-refractivity contribution >= 4 is 17.5 Å². The van der Waals surface area contributed by atoms with E-state index in [-0.39, 0.29) is 12.5 Å². The maximum Gasteiger partial charge on any atom is 0.255 e. The third kappa shape index (κ3) is 5.35. The van der Waals surface area contributed by atoms with Crippen LogP contribution in [0.25, 0.3) is 0 Å². The van der Waals surface area contributed by atoms with E-state index in [0.717, 1.165) is 11.1 Å². The lowest BCUT2D eigenvalue weighted by Crippen LogP contribution is -2.20. The van der Waals surface area contributed by atoms with Crippen LogP contribution in [-0.2, 0) is 11.2 Å². The second kappa shape index (κ2) is 9.41. The predicted octanol–water partition coefficient (Wildman–Crippen LogP) is 3.40. The summed E-state index contributed by atoms with van der Waals surface area (Å²) in [6, 6.07) is 22.4. The van der Waals surface area contributed by atoms with E-state index in [0.29, 0.717) is 29.2 Å². The first-order valence-electron chi connectivity index (χ1n) is 9.09. The van der Waals surface area contributed by atoms with Gasteiger partial charge in [0.25, 0.3) is 11.8 Å². The summed E-state index contributed by atoms with van der Waals surface area (Å²) in [6.45, 7) is -0.284. The van der Waals surface area contributed by atoms with Crippen molar-refractivity contribution in [3.63, 3.8) is 0 Å². The first-order valence-corrected chi connectivity index (χ1v) is 9.09. The van der Waals surface area contributed by atoms with Crippen molar-refractivity contribution in [2.24, 2.45) is 5.73 Å². The second-order valence-electron chi connectivity index (χ2n) is 6.39. The number of amides is 2. The van der Waals surface area contributed by atoms with Crippen molar-refractivity contribution < 1.29 is 19.1 Å². The van der Waals surface area contributed by atoms with Crippen LogP contribution in [0.3, 0.4) is 0 Å². The van der Waals surface area contributed by atoms with Crippen LogP contribution in [0, 0.1) is 0 Å². The van der Waals surface area contributed by atoms with Crippen LogP contribution >= 0.6 is 0 Å². The summed E-state index contributed by atoms with van der Waals surface area (Å²) in [5, 5.41) is 2.87. The van der Waals surface area contributed by atoms with Gasteiger partial charge >= 0.3 is 0 Å². The summed E-state index contributed by atoms with van der Waals surface area (Å²) in [6.07, 6.45) is 0.653. The number of carbonyl (C=O) groups is 2. The fraction of sp³-hybridized carbons (Fsp3) is 0.130. The minimum atomic E-state index is -0.601. The molecule has 2 amide bonds. The fourth-order valence-corrected chi connectivity index (χ4v) is 2.93. The van der Waals surface area contributed by atoms with Gasteiger partial charge in [-0.25, -0.2) is 0 Å². The molecule has 0 saturated heterocycles. The van der Waals surface area contributed by atoms with Gasteiger partial charge in [-0.1, -0.05) is 48.5 Å². The van der Waals surface area contributed by atoms with Gasteiger partial charge in [-0.3, -0.25) is 9.59 Å². The molecular weight excluding hydrogens is 368 g/mol. The predicted molar refractivity (Wildman–Crippen MR) is 111 cm³/mol. The first kappa shape index (κ1) is 19.9. The highest BCUT2D eigenvalue weighted by Gasteiger charge is 2.14. The molecule has 6 nitrogen and oxygen atoms in total. The molecule has 148 valence electrons. The number of ether oxygens (including phenoxy) is 2. The van der Waals surface area contributed by atoms with Crippen molar-refractivity contribution in [3.8, 4) is 11.5 Å². The Morgan fingerprint density at radius 1 is 0.931 bits per heavy atom. The number of anilines is 1. The molecule has 0 aromatic heterocycles. The van der Waals surface area contributed by atoms with E-state index in [4.69, 9.17) is 15.2 Å². The van der Waals surface area contributed by atoms with E-state index >= 15 is 0 Å². The lowest BCUT2D eigenvalue weighted by molar-refractivity contribution is -0.119. The molecule has 6 heteroatoms. The zero-order valence-electron chi connectivity index (χ0n) is 16.1. The lowest BCUT2D eigenvalue weighted by atomic mass is 9.99. The van der Waals surface area contributed by atoms with Gasteiger partial charge in [0.05, 0.1) is 7.11 Å². The second-order valence-corrected chi connectivity index (χ2v) is 6.39. The summed E-state index contributed by atoms with van der Waals surface area (Å²) in [5.74, 6) is -0.0747. The van der Waals surface area contributed by atoms with Crippen molar-refractivity contribution in [2.45, 2.75) is 6.42 Å². The molecule has 3 N–H and O–H groups in total. The highest BCUT2D eigenvalue weighted by Crippen LogP contribution is 2.30. The monoisotopic (exact) mass is 390 g/mol. The molecule has 0 bridgehead atoms. The van der Waals surface area contributed by atoms with E-state index in [9.17, 15) is 9.59 Å². The number of methoxy groups -OCH3 is 1. The van der Waals surface area contributed by atoms with Crippen LogP contribution in [0.4, 0.5) is 5.69 Å². The molecule has 0 aliphatic heterocycles. The highest BCUT2D eigenvalue weighted by molar-refractivity contribution is 6.05. The normalized spacial score (nSPS) is 10.2. The largest absolute Gasteiger partial charge is 0.493 e. The Morgan fingerprint density at radius 2 is 1.66 bits per heavy atom. The Bertz CT molecular complexity index is 1000. The van der Waals surface area contributed by atoms with E-state index in [1.165, 1.54) is 7.11 Å². The van der Waals surface area contributed by atoms with E-state index in [1.54, 1.807) is 24.3 Å². The minimum absolute atomic E-state index is 0.234. The number of nitrogens with two attached hydrogens (primary N) is 1. The molecule has 0 fully saturated rings. The highest BCUT2D eigenvalue weighted by atomic mass is 16.5. The average Bonchev–Trinajstić information content (AvgIpc) is 2.73. The van der Waals surface area contributed by atoms with Crippen molar-refractivity contribution in [1.82, 2.24) is 0 Å². The van der Waals surface area contributed by atoms with Crippen LogP contribution in [0.5, 0.6) is 11.5 Å². The van der Waals surface area contributed by atoms with E-state index in [2.05, 4.69) is 5.32 Å². The Morgan fingerprint density at radius 3 is 2.38 bits per heavy atom.